The topological polar surface area (TPSA) is 75.7 Å². The van der Waals surface area contributed by atoms with Crippen LogP contribution in [-0.4, -0.2) is 44.4 Å². The zero-order valence-electron chi connectivity index (χ0n) is 14.0. The highest BCUT2D eigenvalue weighted by molar-refractivity contribution is 7.89. The average molecular weight is 387 g/mol. The molecule has 0 bridgehead atoms. The second-order valence-corrected chi connectivity index (χ2v) is 8.80. The standard InChI is InChI=1S/C17H23ClN2O4S/c18-14-8-7-13(25(22,23)20-9-3-1-2-4-10-20)12-15(14)19-17(21)16-6-5-11-24-16/h7-8,12,16H,1-6,9-11H2,(H,19,21). The molecule has 1 amide bonds. The molecule has 8 heteroatoms. The highest BCUT2D eigenvalue weighted by atomic mass is 35.5. The van der Waals surface area contributed by atoms with Crippen LogP contribution in [0.5, 0.6) is 0 Å². The van der Waals surface area contributed by atoms with E-state index in [1.54, 1.807) is 0 Å². The largest absolute Gasteiger partial charge is 0.368 e. The van der Waals surface area contributed by atoms with E-state index >= 15 is 0 Å². The summed E-state index contributed by atoms with van der Waals surface area (Å²) >= 11 is 6.15. The van der Waals surface area contributed by atoms with Crippen LogP contribution in [0.25, 0.3) is 0 Å². The molecule has 0 saturated carbocycles. The lowest BCUT2D eigenvalue weighted by molar-refractivity contribution is -0.124. The molecule has 3 rings (SSSR count). The van der Waals surface area contributed by atoms with Crippen LogP contribution in [0.3, 0.4) is 0 Å². The van der Waals surface area contributed by atoms with Gasteiger partial charge in [-0.05, 0) is 43.9 Å². The Hall–Kier alpha value is -1.15. The molecule has 1 aromatic carbocycles. The predicted molar refractivity (Wildman–Crippen MR) is 96.3 cm³/mol. The van der Waals surface area contributed by atoms with Crippen molar-refractivity contribution < 1.29 is 17.9 Å². The number of nitrogens with one attached hydrogen (secondary N) is 1. The van der Waals surface area contributed by atoms with Crippen molar-refractivity contribution in [3.63, 3.8) is 0 Å². The lowest BCUT2D eigenvalue weighted by atomic mass is 10.2. The number of ether oxygens (including phenoxy) is 1. The Morgan fingerprint density at radius 3 is 2.52 bits per heavy atom. The van der Waals surface area contributed by atoms with Crippen molar-refractivity contribution >= 4 is 33.2 Å². The maximum atomic E-state index is 12.9. The molecule has 1 N–H and O–H groups in total. The van der Waals surface area contributed by atoms with Gasteiger partial charge in [0.25, 0.3) is 5.91 Å². The van der Waals surface area contributed by atoms with Gasteiger partial charge in [0.05, 0.1) is 15.6 Å². The number of halogens is 1. The van der Waals surface area contributed by atoms with E-state index in [0.717, 1.165) is 32.1 Å². The summed E-state index contributed by atoms with van der Waals surface area (Å²) in [5.41, 5.74) is 0.304. The van der Waals surface area contributed by atoms with Gasteiger partial charge in [-0.15, -0.1) is 0 Å². The molecule has 2 saturated heterocycles. The molecule has 0 spiro atoms. The van der Waals surface area contributed by atoms with E-state index in [9.17, 15) is 13.2 Å². The molecule has 2 fully saturated rings. The van der Waals surface area contributed by atoms with Gasteiger partial charge in [-0.25, -0.2) is 8.42 Å². The van der Waals surface area contributed by atoms with E-state index in [1.165, 1.54) is 22.5 Å². The molecular formula is C17H23ClN2O4S. The molecule has 1 aromatic rings. The highest BCUT2D eigenvalue weighted by Gasteiger charge is 2.27. The molecule has 0 radical (unpaired) electrons. The van der Waals surface area contributed by atoms with Crippen molar-refractivity contribution in [2.24, 2.45) is 0 Å². The number of anilines is 1. The molecular weight excluding hydrogens is 364 g/mol. The van der Waals surface area contributed by atoms with Gasteiger partial charge >= 0.3 is 0 Å². The second-order valence-electron chi connectivity index (χ2n) is 6.45. The van der Waals surface area contributed by atoms with Crippen molar-refractivity contribution in [2.75, 3.05) is 25.0 Å². The third-order valence-corrected chi connectivity index (χ3v) is 6.84. The smallest absolute Gasteiger partial charge is 0.253 e. The SMILES string of the molecule is O=C(Nc1cc(S(=O)(=O)N2CCCCCC2)ccc1Cl)C1CCCO1. The zero-order chi connectivity index (χ0) is 17.9. The Morgan fingerprint density at radius 2 is 1.88 bits per heavy atom. The Kier molecular flexibility index (Phi) is 5.99. The summed E-state index contributed by atoms with van der Waals surface area (Å²) in [6, 6.07) is 4.44. The minimum atomic E-state index is -3.59. The fourth-order valence-electron chi connectivity index (χ4n) is 3.19. The van der Waals surface area contributed by atoms with Crippen molar-refractivity contribution in [3.05, 3.63) is 23.2 Å². The molecule has 138 valence electrons. The normalized spacial score (nSPS) is 22.5. The van der Waals surface area contributed by atoms with E-state index < -0.39 is 16.1 Å². The molecule has 2 aliphatic heterocycles. The van der Waals surface area contributed by atoms with Crippen molar-refractivity contribution in [1.82, 2.24) is 4.31 Å². The molecule has 2 heterocycles. The van der Waals surface area contributed by atoms with Gasteiger partial charge in [0, 0.05) is 19.7 Å². The summed E-state index contributed by atoms with van der Waals surface area (Å²) in [4.78, 5) is 12.4. The number of hydrogen-bond acceptors (Lipinski definition) is 4. The summed E-state index contributed by atoms with van der Waals surface area (Å²) in [5, 5.41) is 3.01. The quantitative estimate of drug-likeness (QED) is 0.862. The van der Waals surface area contributed by atoms with E-state index in [1.807, 2.05) is 0 Å². The maximum absolute atomic E-state index is 12.9. The number of nitrogens with zero attached hydrogens (tertiary/aromatic N) is 1. The molecule has 6 nitrogen and oxygen atoms in total. The van der Waals surface area contributed by atoms with Crippen LogP contribution < -0.4 is 5.32 Å². The van der Waals surface area contributed by atoms with Gasteiger partial charge < -0.3 is 10.1 Å². The van der Waals surface area contributed by atoms with Gasteiger partial charge in [-0.3, -0.25) is 4.79 Å². The fraction of sp³-hybridized carbons (Fsp3) is 0.588. The molecule has 2 aliphatic rings. The maximum Gasteiger partial charge on any atom is 0.253 e. The van der Waals surface area contributed by atoms with Crippen LogP contribution in [-0.2, 0) is 19.6 Å². The first-order chi connectivity index (χ1) is 12.0. The van der Waals surface area contributed by atoms with Gasteiger partial charge in [0.1, 0.15) is 6.10 Å². The van der Waals surface area contributed by atoms with Crippen molar-refractivity contribution in [1.29, 1.82) is 0 Å². The molecule has 1 atom stereocenters. The molecule has 25 heavy (non-hydrogen) atoms. The number of amides is 1. The van der Waals surface area contributed by atoms with E-state index in [2.05, 4.69) is 5.32 Å². The minimum absolute atomic E-state index is 0.154. The number of hydrogen-bond donors (Lipinski definition) is 1. The van der Waals surface area contributed by atoms with E-state index in [-0.39, 0.29) is 10.8 Å². The minimum Gasteiger partial charge on any atom is -0.368 e. The van der Waals surface area contributed by atoms with Crippen LogP contribution in [0, 0.1) is 0 Å². The third kappa shape index (κ3) is 4.34. The monoisotopic (exact) mass is 386 g/mol. The highest BCUT2D eigenvalue weighted by Crippen LogP contribution is 2.28. The Bertz CT molecular complexity index is 724. The average Bonchev–Trinajstić information content (AvgIpc) is 2.98. The Labute approximate surface area is 153 Å². The van der Waals surface area contributed by atoms with Crippen LogP contribution in [0.4, 0.5) is 5.69 Å². The second kappa shape index (κ2) is 8.03. The number of benzene rings is 1. The predicted octanol–water partition coefficient (Wildman–Crippen LogP) is 3.02. The first kappa shape index (κ1) is 18.6. The van der Waals surface area contributed by atoms with Crippen LogP contribution >= 0.6 is 11.6 Å². The molecule has 1 unspecified atom stereocenters. The zero-order valence-corrected chi connectivity index (χ0v) is 15.6. The van der Waals surface area contributed by atoms with Gasteiger partial charge in [-0.2, -0.15) is 4.31 Å². The van der Waals surface area contributed by atoms with Crippen molar-refractivity contribution in [3.8, 4) is 0 Å². The van der Waals surface area contributed by atoms with Gasteiger partial charge in [-0.1, -0.05) is 24.4 Å². The summed E-state index contributed by atoms with van der Waals surface area (Å²) in [7, 11) is -3.59. The van der Waals surface area contributed by atoms with Crippen molar-refractivity contribution in [2.45, 2.75) is 49.5 Å². The van der Waals surface area contributed by atoms with Crippen LogP contribution in [0.15, 0.2) is 23.1 Å². The summed E-state index contributed by atoms with van der Waals surface area (Å²) in [6.07, 6.45) is 4.85. The van der Waals surface area contributed by atoms with Crippen LogP contribution in [0.2, 0.25) is 5.02 Å². The third-order valence-electron chi connectivity index (χ3n) is 4.62. The summed E-state index contributed by atoms with van der Waals surface area (Å²) in [6.45, 7) is 1.63. The van der Waals surface area contributed by atoms with E-state index in [0.29, 0.717) is 36.8 Å². The molecule has 0 aromatic heterocycles. The number of carbonyl (C=O) groups is 1. The Morgan fingerprint density at radius 1 is 1.16 bits per heavy atom. The number of sulfonamides is 1. The van der Waals surface area contributed by atoms with E-state index in [4.69, 9.17) is 16.3 Å². The lowest BCUT2D eigenvalue weighted by Crippen LogP contribution is -2.32. The fourth-order valence-corrected chi connectivity index (χ4v) is 4.90. The summed E-state index contributed by atoms with van der Waals surface area (Å²) < 4.78 is 32.7. The van der Waals surface area contributed by atoms with Gasteiger partial charge in [0.2, 0.25) is 10.0 Å². The number of rotatable bonds is 4. The van der Waals surface area contributed by atoms with Gasteiger partial charge in [0.15, 0.2) is 0 Å². The number of carbonyl (C=O) groups excluding carboxylic acids is 1. The molecule has 0 aliphatic carbocycles. The lowest BCUT2D eigenvalue weighted by Gasteiger charge is -2.20. The van der Waals surface area contributed by atoms with Crippen LogP contribution in [0.1, 0.15) is 38.5 Å². The summed E-state index contributed by atoms with van der Waals surface area (Å²) in [5.74, 6) is -0.288. The Balaban J connectivity index is 1.81. The first-order valence-corrected chi connectivity index (χ1v) is 10.5. The first-order valence-electron chi connectivity index (χ1n) is 8.70.